The van der Waals surface area contributed by atoms with Gasteiger partial charge in [-0.2, -0.15) is 0 Å². The third-order valence-electron chi connectivity index (χ3n) is 6.27. The molecule has 1 fully saturated rings. The number of aromatic nitrogens is 2. The zero-order chi connectivity index (χ0) is 22.1. The highest BCUT2D eigenvalue weighted by Gasteiger charge is 2.27. The Bertz CT molecular complexity index is 1120. The summed E-state index contributed by atoms with van der Waals surface area (Å²) in [6.07, 6.45) is 4.57. The quantitative estimate of drug-likeness (QED) is 0.540. The van der Waals surface area contributed by atoms with Crippen LogP contribution in [-0.2, 0) is 17.6 Å². The van der Waals surface area contributed by atoms with Gasteiger partial charge in [0.25, 0.3) is 0 Å². The summed E-state index contributed by atoms with van der Waals surface area (Å²) in [5.41, 5.74) is 2.58. The number of methoxy groups -OCH3 is 1. The van der Waals surface area contributed by atoms with E-state index in [-0.39, 0.29) is 5.82 Å². The van der Waals surface area contributed by atoms with Crippen molar-refractivity contribution in [1.29, 1.82) is 0 Å². The lowest BCUT2D eigenvalue weighted by atomic mass is 9.97. The fraction of sp³-hybridized carbons (Fsp3) is 0.458. The summed E-state index contributed by atoms with van der Waals surface area (Å²) in [4.78, 5) is 28.9. The second kappa shape index (κ2) is 8.94. The molecule has 5 rings (SSSR count). The number of fused-ring (bicyclic) bond motifs is 3. The largest absolute Gasteiger partial charge is 0.497 e. The van der Waals surface area contributed by atoms with Crippen molar-refractivity contribution >= 4 is 39.0 Å². The standard InChI is InChI=1S/C24H28N4O3S/c1-3-31-24(29)21-25-22(20-18-6-4-5-7-19(18)32-23(20)26-21)28-14-12-27(13-15-28)16-8-10-17(30-2)11-9-16/h8-11H,3-7,12-15H2,1-2H3. The number of carbonyl (C=O) groups is 1. The van der Waals surface area contributed by atoms with Gasteiger partial charge in [0, 0.05) is 36.7 Å². The minimum Gasteiger partial charge on any atom is -0.497 e. The molecule has 2 aliphatic rings. The molecule has 2 aromatic heterocycles. The molecule has 168 valence electrons. The molecule has 0 unspecified atom stereocenters. The summed E-state index contributed by atoms with van der Waals surface area (Å²) in [7, 11) is 1.68. The SMILES string of the molecule is CCOC(=O)c1nc(N2CCN(c3ccc(OC)cc3)CC2)c2c3c(sc2n1)CCCC3. The maximum atomic E-state index is 12.5. The zero-order valence-electron chi connectivity index (χ0n) is 18.6. The Morgan fingerprint density at radius 2 is 1.75 bits per heavy atom. The predicted octanol–water partition coefficient (Wildman–Crippen LogP) is 4.08. The number of thiophene rings is 1. The predicted molar refractivity (Wildman–Crippen MR) is 127 cm³/mol. The van der Waals surface area contributed by atoms with Crippen LogP contribution in [0.1, 0.15) is 40.8 Å². The number of nitrogens with zero attached hydrogens (tertiary/aromatic N) is 4. The number of esters is 1. The lowest BCUT2D eigenvalue weighted by molar-refractivity contribution is 0.0512. The normalized spacial score (nSPS) is 16.2. The summed E-state index contributed by atoms with van der Waals surface area (Å²) < 4.78 is 10.5. The van der Waals surface area contributed by atoms with Gasteiger partial charge in [0.1, 0.15) is 16.4 Å². The van der Waals surface area contributed by atoms with Crippen molar-refractivity contribution < 1.29 is 14.3 Å². The summed E-state index contributed by atoms with van der Waals surface area (Å²) in [6.45, 7) is 5.57. The van der Waals surface area contributed by atoms with Crippen LogP contribution in [0.4, 0.5) is 11.5 Å². The topological polar surface area (TPSA) is 67.8 Å². The van der Waals surface area contributed by atoms with Gasteiger partial charge in [0.05, 0.1) is 19.1 Å². The fourth-order valence-electron chi connectivity index (χ4n) is 4.62. The summed E-state index contributed by atoms with van der Waals surface area (Å²) in [5.74, 6) is 1.49. The molecule has 1 aliphatic heterocycles. The Hall–Kier alpha value is -2.87. The number of aryl methyl sites for hydroxylation is 2. The number of benzene rings is 1. The molecule has 0 atom stereocenters. The molecule has 0 spiro atoms. The molecule has 0 saturated carbocycles. The smallest absolute Gasteiger partial charge is 0.376 e. The minimum absolute atomic E-state index is 0.172. The van der Waals surface area contributed by atoms with Crippen LogP contribution in [0.3, 0.4) is 0 Å². The molecule has 0 radical (unpaired) electrons. The number of hydrogen-bond donors (Lipinski definition) is 0. The zero-order valence-corrected chi connectivity index (χ0v) is 19.4. The van der Waals surface area contributed by atoms with Gasteiger partial charge in [-0.05, 0) is 62.4 Å². The molecule has 1 aliphatic carbocycles. The first-order valence-corrected chi connectivity index (χ1v) is 12.1. The van der Waals surface area contributed by atoms with Crippen LogP contribution in [0.25, 0.3) is 10.2 Å². The molecule has 0 N–H and O–H groups in total. The van der Waals surface area contributed by atoms with Gasteiger partial charge >= 0.3 is 5.97 Å². The second-order valence-corrected chi connectivity index (χ2v) is 9.24. The first kappa shape index (κ1) is 21.0. The van der Waals surface area contributed by atoms with Crippen molar-refractivity contribution in [3.8, 4) is 5.75 Å². The number of ether oxygens (including phenoxy) is 2. The van der Waals surface area contributed by atoms with Crippen molar-refractivity contribution in [2.75, 3.05) is 49.7 Å². The molecule has 3 aromatic rings. The van der Waals surface area contributed by atoms with E-state index in [0.717, 1.165) is 60.8 Å². The van der Waals surface area contributed by atoms with Crippen LogP contribution in [0.2, 0.25) is 0 Å². The van der Waals surface area contributed by atoms with E-state index in [4.69, 9.17) is 14.5 Å². The van der Waals surface area contributed by atoms with Gasteiger partial charge in [-0.3, -0.25) is 0 Å². The van der Waals surface area contributed by atoms with Gasteiger partial charge < -0.3 is 19.3 Å². The van der Waals surface area contributed by atoms with Gasteiger partial charge in [0.2, 0.25) is 5.82 Å². The molecule has 0 amide bonds. The average molecular weight is 453 g/mol. The number of carbonyl (C=O) groups excluding carboxylic acids is 1. The van der Waals surface area contributed by atoms with Gasteiger partial charge in [-0.15, -0.1) is 11.3 Å². The molecular formula is C24H28N4O3S. The summed E-state index contributed by atoms with van der Waals surface area (Å²) >= 11 is 1.72. The van der Waals surface area contributed by atoms with Crippen molar-refractivity contribution in [2.45, 2.75) is 32.6 Å². The second-order valence-electron chi connectivity index (χ2n) is 8.15. The van der Waals surface area contributed by atoms with Gasteiger partial charge in [-0.1, -0.05) is 0 Å². The van der Waals surface area contributed by atoms with E-state index in [9.17, 15) is 4.79 Å². The Morgan fingerprint density at radius 1 is 1.03 bits per heavy atom. The van der Waals surface area contributed by atoms with E-state index in [1.54, 1.807) is 25.4 Å². The van der Waals surface area contributed by atoms with Gasteiger partial charge in [0.15, 0.2) is 0 Å². The first-order chi connectivity index (χ1) is 15.7. The van der Waals surface area contributed by atoms with Crippen LogP contribution in [-0.4, -0.2) is 55.8 Å². The monoisotopic (exact) mass is 452 g/mol. The van der Waals surface area contributed by atoms with Crippen molar-refractivity contribution in [1.82, 2.24) is 9.97 Å². The van der Waals surface area contributed by atoms with E-state index in [2.05, 4.69) is 26.9 Å². The third kappa shape index (κ3) is 3.88. The van der Waals surface area contributed by atoms with E-state index in [1.807, 2.05) is 12.1 Å². The maximum Gasteiger partial charge on any atom is 0.376 e. The maximum absolute atomic E-state index is 12.5. The third-order valence-corrected chi connectivity index (χ3v) is 7.46. The minimum atomic E-state index is -0.445. The number of hydrogen-bond acceptors (Lipinski definition) is 8. The van der Waals surface area contributed by atoms with Crippen LogP contribution < -0.4 is 14.5 Å². The van der Waals surface area contributed by atoms with E-state index >= 15 is 0 Å². The van der Waals surface area contributed by atoms with Crippen molar-refractivity contribution in [3.05, 3.63) is 40.5 Å². The Kier molecular flexibility index (Phi) is 5.87. The molecule has 8 heteroatoms. The fourth-order valence-corrected chi connectivity index (χ4v) is 5.88. The van der Waals surface area contributed by atoms with Crippen molar-refractivity contribution in [3.63, 3.8) is 0 Å². The van der Waals surface area contributed by atoms with Crippen LogP contribution >= 0.6 is 11.3 Å². The molecule has 7 nitrogen and oxygen atoms in total. The summed E-state index contributed by atoms with van der Waals surface area (Å²) in [5, 5.41) is 1.15. The van der Waals surface area contributed by atoms with E-state index < -0.39 is 5.97 Å². The molecule has 3 heterocycles. The number of piperazine rings is 1. The van der Waals surface area contributed by atoms with Crippen LogP contribution in [0.15, 0.2) is 24.3 Å². The highest BCUT2D eigenvalue weighted by molar-refractivity contribution is 7.19. The number of rotatable bonds is 5. The highest BCUT2D eigenvalue weighted by atomic mass is 32.1. The highest BCUT2D eigenvalue weighted by Crippen LogP contribution is 2.40. The van der Waals surface area contributed by atoms with E-state index in [0.29, 0.717) is 6.61 Å². The first-order valence-electron chi connectivity index (χ1n) is 11.3. The van der Waals surface area contributed by atoms with Crippen molar-refractivity contribution in [2.24, 2.45) is 0 Å². The average Bonchev–Trinajstić information content (AvgIpc) is 3.22. The number of anilines is 2. The molecular weight excluding hydrogens is 424 g/mol. The van der Waals surface area contributed by atoms with Crippen LogP contribution in [0.5, 0.6) is 5.75 Å². The summed E-state index contributed by atoms with van der Waals surface area (Å²) in [6, 6.07) is 8.20. The Balaban J connectivity index is 1.46. The lowest BCUT2D eigenvalue weighted by Crippen LogP contribution is -2.47. The Labute approximate surface area is 192 Å². The molecule has 1 saturated heterocycles. The Morgan fingerprint density at radius 3 is 2.47 bits per heavy atom. The van der Waals surface area contributed by atoms with Crippen LogP contribution in [0, 0.1) is 0 Å². The van der Waals surface area contributed by atoms with E-state index in [1.165, 1.54) is 29.0 Å². The lowest BCUT2D eigenvalue weighted by Gasteiger charge is -2.37. The molecule has 1 aromatic carbocycles. The molecule has 32 heavy (non-hydrogen) atoms. The molecule has 0 bridgehead atoms. The van der Waals surface area contributed by atoms with Gasteiger partial charge in [-0.25, -0.2) is 14.8 Å².